The van der Waals surface area contributed by atoms with Gasteiger partial charge in [0.1, 0.15) is 11.5 Å². The fraction of sp³-hybridized carbons (Fsp3) is 0.435. The molecule has 0 spiro atoms. The van der Waals surface area contributed by atoms with Crippen molar-refractivity contribution in [2.24, 2.45) is 0 Å². The molecule has 28 heavy (non-hydrogen) atoms. The first-order valence-electron chi connectivity index (χ1n) is 10.1. The lowest BCUT2D eigenvalue weighted by Gasteiger charge is -2.35. The van der Waals surface area contributed by atoms with Crippen LogP contribution in [0.2, 0.25) is 0 Å². The average Bonchev–Trinajstić information content (AvgIpc) is 2.72. The van der Waals surface area contributed by atoms with Gasteiger partial charge >= 0.3 is 0 Å². The highest BCUT2D eigenvalue weighted by Crippen LogP contribution is 2.16. The SMILES string of the molecule is CCOc1ccc(CC(=O)N2CCN(Cc3ccc(OCC)cc3)CC2)cc1. The van der Waals surface area contributed by atoms with E-state index in [2.05, 4.69) is 17.0 Å². The van der Waals surface area contributed by atoms with Gasteiger partial charge in [-0.25, -0.2) is 0 Å². The summed E-state index contributed by atoms with van der Waals surface area (Å²) in [4.78, 5) is 17.0. The molecule has 2 aromatic carbocycles. The van der Waals surface area contributed by atoms with Crippen LogP contribution in [0, 0.1) is 0 Å². The van der Waals surface area contributed by atoms with Crippen molar-refractivity contribution in [2.45, 2.75) is 26.8 Å². The quantitative estimate of drug-likeness (QED) is 0.702. The molecule has 0 aromatic heterocycles. The van der Waals surface area contributed by atoms with E-state index in [-0.39, 0.29) is 5.91 Å². The smallest absolute Gasteiger partial charge is 0.227 e. The van der Waals surface area contributed by atoms with Crippen molar-refractivity contribution in [3.63, 3.8) is 0 Å². The Morgan fingerprint density at radius 1 is 0.786 bits per heavy atom. The first-order chi connectivity index (χ1) is 13.7. The highest BCUT2D eigenvalue weighted by Gasteiger charge is 2.21. The van der Waals surface area contributed by atoms with Gasteiger partial charge in [0.2, 0.25) is 5.91 Å². The van der Waals surface area contributed by atoms with Crippen LogP contribution in [0.4, 0.5) is 0 Å². The fourth-order valence-electron chi connectivity index (χ4n) is 3.43. The van der Waals surface area contributed by atoms with Gasteiger partial charge < -0.3 is 14.4 Å². The van der Waals surface area contributed by atoms with E-state index in [0.717, 1.165) is 49.8 Å². The van der Waals surface area contributed by atoms with Crippen LogP contribution in [0.15, 0.2) is 48.5 Å². The van der Waals surface area contributed by atoms with Gasteiger partial charge in [-0.2, -0.15) is 0 Å². The Balaban J connectivity index is 1.44. The minimum absolute atomic E-state index is 0.199. The van der Waals surface area contributed by atoms with E-state index in [4.69, 9.17) is 9.47 Å². The number of carbonyl (C=O) groups excluding carboxylic acids is 1. The van der Waals surface area contributed by atoms with Crippen molar-refractivity contribution in [1.82, 2.24) is 9.80 Å². The van der Waals surface area contributed by atoms with Gasteiger partial charge in [0, 0.05) is 32.7 Å². The minimum atomic E-state index is 0.199. The van der Waals surface area contributed by atoms with Crippen LogP contribution in [-0.4, -0.2) is 55.1 Å². The molecule has 1 aliphatic rings. The number of ether oxygens (including phenoxy) is 2. The molecule has 5 heteroatoms. The maximum atomic E-state index is 12.6. The predicted molar refractivity (Wildman–Crippen MR) is 111 cm³/mol. The lowest BCUT2D eigenvalue weighted by molar-refractivity contribution is -0.132. The van der Waals surface area contributed by atoms with Gasteiger partial charge in [0.05, 0.1) is 19.6 Å². The number of carbonyl (C=O) groups is 1. The van der Waals surface area contributed by atoms with E-state index in [1.807, 2.05) is 55.1 Å². The van der Waals surface area contributed by atoms with Crippen molar-refractivity contribution in [2.75, 3.05) is 39.4 Å². The largest absolute Gasteiger partial charge is 0.494 e. The molecule has 0 unspecified atom stereocenters. The Hall–Kier alpha value is -2.53. The monoisotopic (exact) mass is 382 g/mol. The Labute approximate surface area is 167 Å². The third-order valence-electron chi connectivity index (χ3n) is 4.96. The third-order valence-corrected chi connectivity index (χ3v) is 4.96. The van der Waals surface area contributed by atoms with E-state index >= 15 is 0 Å². The second-order valence-corrected chi connectivity index (χ2v) is 6.99. The van der Waals surface area contributed by atoms with Crippen molar-refractivity contribution < 1.29 is 14.3 Å². The second-order valence-electron chi connectivity index (χ2n) is 6.99. The Kier molecular flexibility index (Phi) is 7.31. The maximum absolute atomic E-state index is 12.6. The van der Waals surface area contributed by atoms with Crippen molar-refractivity contribution >= 4 is 5.91 Å². The highest BCUT2D eigenvalue weighted by atomic mass is 16.5. The predicted octanol–water partition coefficient (Wildman–Crippen LogP) is 3.37. The molecule has 3 rings (SSSR count). The van der Waals surface area contributed by atoms with Gasteiger partial charge in [-0.1, -0.05) is 24.3 Å². The summed E-state index contributed by atoms with van der Waals surface area (Å²) in [6.07, 6.45) is 0.450. The second kappa shape index (κ2) is 10.1. The Morgan fingerprint density at radius 3 is 1.79 bits per heavy atom. The number of rotatable bonds is 8. The number of benzene rings is 2. The zero-order chi connectivity index (χ0) is 19.8. The standard InChI is InChI=1S/C23H30N2O3/c1-3-27-21-9-5-19(6-10-21)17-23(26)25-15-13-24(14-16-25)18-20-7-11-22(12-8-20)28-4-2/h5-12H,3-4,13-18H2,1-2H3. The number of nitrogens with zero attached hydrogens (tertiary/aromatic N) is 2. The zero-order valence-corrected chi connectivity index (χ0v) is 16.9. The van der Waals surface area contributed by atoms with Gasteiger partial charge in [-0.05, 0) is 49.2 Å². The molecule has 0 bridgehead atoms. The van der Waals surface area contributed by atoms with Crippen LogP contribution < -0.4 is 9.47 Å². The van der Waals surface area contributed by atoms with Crippen molar-refractivity contribution in [1.29, 1.82) is 0 Å². The zero-order valence-electron chi connectivity index (χ0n) is 16.9. The van der Waals surface area contributed by atoms with Crippen LogP contribution in [0.3, 0.4) is 0 Å². The molecule has 0 N–H and O–H groups in total. The van der Waals surface area contributed by atoms with E-state index < -0.39 is 0 Å². The first-order valence-corrected chi connectivity index (χ1v) is 10.1. The van der Waals surface area contributed by atoms with Crippen molar-refractivity contribution in [3.8, 4) is 11.5 Å². The lowest BCUT2D eigenvalue weighted by Crippen LogP contribution is -2.48. The molecule has 1 aliphatic heterocycles. The molecule has 0 atom stereocenters. The summed E-state index contributed by atoms with van der Waals surface area (Å²) >= 11 is 0. The summed E-state index contributed by atoms with van der Waals surface area (Å²) in [5.74, 6) is 1.96. The number of hydrogen-bond donors (Lipinski definition) is 0. The summed E-state index contributed by atoms with van der Waals surface area (Å²) in [5, 5.41) is 0. The van der Waals surface area contributed by atoms with E-state index in [1.54, 1.807) is 0 Å². The lowest BCUT2D eigenvalue weighted by atomic mass is 10.1. The Morgan fingerprint density at radius 2 is 1.29 bits per heavy atom. The molecule has 0 saturated carbocycles. The molecule has 5 nitrogen and oxygen atoms in total. The fourth-order valence-corrected chi connectivity index (χ4v) is 3.43. The molecular weight excluding hydrogens is 352 g/mol. The molecule has 2 aromatic rings. The minimum Gasteiger partial charge on any atom is -0.494 e. The summed E-state index contributed by atoms with van der Waals surface area (Å²) < 4.78 is 10.9. The highest BCUT2D eigenvalue weighted by molar-refractivity contribution is 5.79. The summed E-state index contributed by atoms with van der Waals surface area (Å²) in [6.45, 7) is 9.58. The van der Waals surface area contributed by atoms with E-state index in [0.29, 0.717) is 19.6 Å². The Bertz CT molecular complexity index is 735. The third kappa shape index (κ3) is 5.73. The molecule has 1 saturated heterocycles. The maximum Gasteiger partial charge on any atom is 0.227 e. The topological polar surface area (TPSA) is 42.0 Å². The van der Waals surface area contributed by atoms with Gasteiger partial charge in [0.15, 0.2) is 0 Å². The molecule has 1 amide bonds. The molecule has 0 radical (unpaired) electrons. The van der Waals surface area contributed by atoms with Crippen LogP contribution in [0.1, 0.15) is 25.0 Å². The normalized spacial score (nSPS) is 14.7. The molecular formula is C23H30N2O3. The van der Waals surface area contributed by atoms with Crippen LogP contribution in [-0.2, 0) is 17.8 Å². The van der Waals surface area contributed by atoms with Crippen LogP contribution in [0.5, 0.6) is 11.5 Å². The molecule has 1 heterocycles. The average molecular weight is 383 g/mol. The van der Waals surface area contributed by atoms with E-state index in [9.17, 15) is 4.79 Å². The number of piperazine rings is 1. The molecule has 0 aliphatic carbocycles. The van der Waals surface area contributed by atoms with Crippen molar-refractivity contribution in [3.05, 3.63) is 59.7 Å². The van der Waals surface area contributed by atoms with Gasteiger partial charge in [-0.15, -0.1) is 0 Å². The first kappa shape index (κ1) is 20.2. The summed E-state index contributed by atoms with van der Waals surface area (Å²) in [7, 11) is 0. The molecule has 150 valence electrons. The summed E-state index contributed by atoms with van der Waals surface area (Å²) in [6, 6.07) is 16.1. The molecule has 1 fully saturated rings. The van der Waals surface area contributed by atoms with Crippen LogP contribution in [0.25, 0.3) is 0 Å². The summed E-state index contributed by atoms with van der Waals surface area (Å²) in [5.41, 5.74) is 2.31. The van der Waals surface area contributed by atoms with Crippen LogP contribution >= 0.6 is 0 Å². The number of hydrogen-bond acceptors (Lipinski definition) is 4. The number of amides is 1. The van der Waals surface area contributed by atoms with E-state index in [1.165, 1.54) is 5.56 Å². The van der Waals surface area contributed by atoms with Gasteiger partial charge in [0.25, 0.3) is 0 Å². The van der Waals surface area contributed by atoms with Gasteiger partial charge in [-0.3, -0.25) is 9.69 Å².